The molecule has 0 radical (unpaired) electrons. The van der Waals surface area contributed by atoms with Gasteiger partial charge in [0, 0.05) is 18.2 Å². The summed E-state index contributed by atoms with van der Waals surface area (Å²) in [6, 6.07) is 6.88. The SMILES string of the molecule is CN1[C@@H]2CCC[C@H]1C[C@H](Oc1ccc(Cl)c(Cl)c1)C2. The third-order valence-electron chi connectivity index (χ3n) is 4.49. The molecule has 1 aromatic carbocycles. The molecule has 3 atom stereocenters. The van der Waals surface area contributed by atoms with Gasteiger partial charge in [-0.05, 0) is 44.9 Å². The fourth-order valence-corrected chi connectivity index (χ4v) is 3.69. The van der Waals surface area contributed by atoms with Gasteiger partial charge in [-0.25, -0.2) is 0 Å². The quantitative estimate of drug-likeness (QED) is 0.803. The standard InChI is InChI=1S/C15H19Cl2NO/c1-18-10-3-2-4-11(18)8-13(7-10)19-12-5-6-14(16)15(17)9-12/h5-6,9-11,13H,2-4,7-8H2,1H3/t10-,11+,13-. The molecule has 2 aliphatic heterocycles. The summed E-state index contributed by atoms with van der Waals surface area (Å²) < 4.78 is 6.11. The molecule has 0 unspecified atom stereocenters. The molecule has 2 heterocycles. The lowest BCUT2D eigenvalue weighted by Crippen LogP contribution is -2.52. The number of hydrogen-bond donors (Lipinski definition) is 0. The van der Waals surface area contributed by atoms with Gasteiger partial charge in [-0.1, -0.05) is 29.6 Å². The molecule has 0 aromatic heterocycles. The number of piperidine rings is 2. The van der Waals surface area contributed by atoms with Crippen LogP contribution in [-0.2, 0) is 0 Å². The van der Waals surface area contributed by atoms with Gasteiger partial charge in [-0.2, -0.15) is 0 Å². The predicted molar refractivity (Wildman–Crippen MR) is 79.3 cm³/mol. The van der Waals surface area contributed by atoms with Crippen LogP contribution in [0, 0.1) is 0 Å². The van der Waals surface area contributed by atoms with Gasteiger partial charge in [0.2, 0.25) is 0 Å². The second-order valence-electron chi connectivity index (χ2n) is 5.69. The van der Waals surface area contributed by atoms with Crippen molar-refractivity contribution >= 4 is 23.2 Å². The Morgan fingerprint density at radius 3 is 2.42 bits per heavy atom. The van der Waals surface area contributed by atoms with Crippen LogP contribution < -0.4 is 4.74 Å². The van der Waals surface area contributed by atoms with E-state index >= 15 is 0 Å². The Hall–Kier alpha value is -0.440. The average Bonchev–Trinajstić information content (AvgIpc) is 2.35. The van der Waals surface area contributed by atoms with Crippen molar-refractivity contribution in [2.24, 2.45) is 0 Å². The topological polar surface area (TPSA) is 12.5 Å². The highest BCUT2D eigenvalue weighted by Crippen LogP contribution is 2.35. The van der Waals surface area contributed by atoms with Gasteiger partial charge in [0.1, 0.15) is 11.9 Å². The molecular formula is C15H19Cl2NO. The van der Waals surface area contributed by atoms with E-state index in [4.69, 9.17) is 27.9 Å². The highest BCUT2D eigenvalue weighted by Gasteiger charge is 2.36. The second-order valence-corrected chi connectivity index (χ2v) is 6.51. The van der Waals surface area contributed by atoms with Gasteiger partial charge < -0.3 is 9.64 Å². The fraction of sp³-hybridized carbons (Fsp3) is 0.600. The molecule has 104 valence electrons. The average molecular weight is 300 g/mol. The van der Waals surface area contributed by atoms with Crippen LogP contribution in [-0.4, -0.2) is 30.1 Å². The van der Waals surface area contributed by atoms with E-state index in [9.17, 15) is 0 Å². The Morgan fingerprint density at radius 2 is 1.79 bits per heavy atom. The van der Waals surface area contributed by atoms with Crippen LogP contribution in [0.2, 0.25) is 10.0 Å². The zero-order valence-electron chi connectivity index (χ0n) is 11.1. The lowest BCUT2D eigenvalue weighted by atomic mass is 9.83. The molecule has 0 amide bonds. The molecule has 0 saturated carbocycles. The molecule has 3 rings (SSSR count). The van der Waals surface area contributed by atoms with Gasteiger partial charge >= 0.3 is 0 Å². The molecule has 1 aromatic rings. The van der Waals surface area contributed by atoms with Crippen molar-refractivity contribution in [2.75, 3.05) is 7.05 Å². The number of fused-ring (bicyclic) bond motifs is 2. The molecule has 2 bridgehead atoms. The van der Waals surface area contributed by atoms with E-state index in [0.717, 1.165) is 18.6 Å². The summed E-state index contributed by atoms with van der Waals surface area (Å²) in [7, 11) is 2.25. The zero-order chi connectivity index (χ0) is 13.4. The maximum atomic E-state index is 6.11. The van der Waals surface area contributed by atoms with Crippen LogP contribution in [0.15, 0.2) is 18.2 Å². The summed E-state index contributed by atoms with van der Waals surface area (Å²) in [5.41, 5.74) is 0. The smallest absolute Gasteiger partial charge is 0.121 e. The summed E-state index contributed by atoms with van der Waals surface area (Å²) >= 11 is 12.0. The number of nitrogens with zero attached hydrogens (tertiary/aromatic N) is 1. The summed E-state index contributed by atoms with van der Waals surface area (Å²) in [6.45, 7) is 0. The Morgan fingerprint density at radius 1 is 1.11 bits per heavy atom. The van der Waals surface area contributed by atoms with Gasteiger partial charge in [0.25, 0.3) is 0 Å². The number of rotatable bonds is 2. The second kappa shape index (κ2) is 5.51. The van der Waals surface area contributed by atoms with Gasteiger partial charge in [0.05, 0.1) is 10.0 Å². The lowest BCUT2D eigenvalue weighted by molar-refractivity contribution is 0.000146. The van der Waals surface area contributed by atoms with E-state index in [0.29, 0.717) is 28.2 Å². The number of halogens is 2. The van der Waals surface area contributed by atoms with Crippen molar-refractivity contribution < 1.29 is 4.74 Å². The first-order valence-electron chi connectivity index (χ1n) is 6.97. The van der Waals surface area contributed by atoms with E-state index in [1.54, 1.807) is 6.07 Å². The molecule has 2 aliphatic rings. The van der Waals surface area contributed by atoms with Crippen LogP contribution in [0.5, 0.6) is 5.75 Å². The van der Waals surface area contributed by atoms with Gasteiger partial charge in [-0.15, -0.1) is 0 Å². The van der Waals surface area contributed by atoms with Crippen LogP contribution >= 0.6 is 23.2 Å². The normalized spacial score (nSPS) is 31.2. The Labute approximate surface area is 124 Å². The maximum Gasteiger partial charge on any atom is 0.121 e. The third-order valence-corrected chi connectivity index (χ3v) is 5.23. The first-order chi connectivity index (χ1) is 9.13. The molecule has 0 aliphatic carbocycles. The largest absolute Gasteiger partial charge is 0.490 e. The maximum absolute atomic E-state index is 6.11. The lowest BCUT2D eigenvalue weighted by Gasteiger charge is -2.46. The van der Waals surface area contributed by atoms with Crippen LogP contribution in [0.1, 0.15) is 32.1 Å². The van der Waals surface area contributed by atoms with Gasteiger partial charge in [0.15, 0.2) is 0 Å². The van der Waals surface area contributed by atoms with E-state index < -0.39 is 0 Å². The van der Waals surface area contributed by atoms with Crippen LogP contribution in [0.3, 0.4) is 0 Å². The number of hydrogen-bond acceptors (Lipinski definition) is 2. The molecule has 19 heavy (non-hydrogen) atoms. The zero-order valence-corrected chi connectivity index (χ0v) is 12.6. The Balaban J connectivity index is 1.69. The summed E-state index contributed by atoms with van der Waals surface area (Å²) in [5.74, 6) is 0.835. The van der Waals surface area contributed by atoms with Crippen molar-refractivity contribution in [1.29, 1.82) is 0 Å². The summed E-state index contributed by atoms with van der Waals surface area (Å²) in [6.07, 6.45) is 6.51. The molecule has 2 fully saturated rings. The minimum Gasteiger partial charge on any atom is -0.490 e. The van der Waals surface area contributed by atoms with E-state index in [1.165, 1.54) is 19.3 Å². The predicted octanol–water partition coefficient (Wildman–Crippen LogP) is 4.39. The molecule has 4 heteroatoms. The van der Waals surface area contributed by atoms with Crippen LogP contribution in [0.25, 0.3) is 0 Å². The Bertz CT molecular complexity index is 451. The third kappa shape index (κ3) is 2.86. The van der Waals surface area contributed by atoms with Crippen molar-refractivity contribution in [3.05, 3.63) is 28.2 Å². The minimum atomic E-state index is 0.309. The van der Waals surface area contributed by atoms with E-state index in [1.807, 2.05) is 12.1 Å². The Kier molecular flexibility index (Phi) is 3.93. The monoisotopic (exact) mass is 299 g/mol. The highest BCUT2D eigenvalue weighted by atomic mass is 35.5. The van der Waals surface area contributed by atoms with Crippen molar-refractivity contribution in [1.82, 2.24) is 4.90 Å². The van der Waals surface area contributed by atoms with Crippen molar-refractivity contribution in [3.8, 4) is 5.75 Å². The molecule has 0 spiro atoms. The van der Waals surface area contributed by atoms with E-state index in [2.05, 4.69) is 11.9 Å². The van der Waals surface area contributed by atoms with E-state index in [-0.39, 0.29) is 0 Å². The first kappa shape index (κ1) is 13.5. The van der Waals surface area contributed by atoms with Crippen molar-refractivity contribution in [3.63, 3.8) is 0 Å². The van der Waals surface area contributed by atoms with Gasteiger partial charge in [-0.3, -0.25) is 0 Å². The summed E-state index contributed by atoms with van der Waals surface area (Å²) in [4.78, 5) is 2.54. The molecule has 2 saturated heterocycles. The highest BCUT2D eigenvalue weighted by molar-refractivity contribution is 6.42. The molecule has 2 nitrogen and oxygen atoms in total. The number of ether oxygens (including phenoxy) is 1. The summed E-state index contributed by atoms with van der Waals surface area (Å²) in [5, 5.41) is 1.14. The number of benzene rings is 1. The molecular weight excluding hydrogens is 281 g/mol. The first-order valence-corrected chi connectivity index (χ1v) is 7.72. The van der Waals surface area contributed by atoms with Crippen LogP contribution in [0.4, 0.5) is 0 Å². The minimum absolute atomic E-state index is 0.309. The van der Waals surface area contributed by atoms with Crippen molar-refractivity contribution in [2.45, 2.75) is 50.3 Å². The molecule has 0 N–H and O–H groups in total. The fourth-order valence-electron chi connectivity index (χ4n) is 3.40.